The highest BCUT2D eigenvalue weighted by molar-refractivity contribution is 7.99. The first-order valence-electron chi connectivity index (χ1n) is 10.3. The average molecular weight is 449 g/mol. The number of aryl methyl sites for hydroxylation is 1. The molecule has 32 heavy (non-hydrogen) atoms. The molecular formula is C24H24N4O3S. The fourth-order valence-corrected chi connectivity index (χ4v) is 4.12. The number of hydrogen-bond acceptors (Lipinski definition) is 7. The van der Waals surface area contributed by atoms with E-state index in [0.29, 0.717) is 34.8 Å². The highest BCUT2D eigenvalue weighted by Gasteiger charge is 2.34. The van der Waals surface area contributed by atoms with Crippen LogP contribution in [0, 0.1) is 6.92 Å². The van der Waals surface area contributed by atoms with Crippen LogP contribution in [0.15, 0.2) is 60.3 Å². The van der Waals surface area contributed by atoms with Gasteiger partial charge < -0.3 is 9.47 Å². The lowest BCUT2D eigenvalue weighted by atomic mass is 10.1. The molecule has 1 aliphatic heterocycles. The number of aromatic nitrogens is 3. The molecule has 1 amide bonds. The Morgan fingerprint density at radius 3 is 2.81 bits per heavy atom. The Morgan fingerprint density at radius 2 is 2.09 bits per heavy atom. The number of hydrogen-bond donors (Lipinski definition) is 0. The van der Waals surface area contributed by atoms with Crippen LogP contribution in [0.5, 0.6) is 11.6 Å². The first kappa shape index (κ1) is 21.8. The summed E-state index contributed by atoms with van der Waals surface area (Å²) in [4.78, 5) is 19.1. The molecule has 0 saturated heterocycles. The van der Waals surface area contributed by atoms with E-state index in [-0.39, 0.29) is 5.91 Å². The first-order valence-corrected chi connectivity index (χ1v) is 11.3. The average Bonchev–Trinajstić information content (AvgIpc) is 2.93. The van der Waals surface area contributed by atoms with Crippen molar-refractivity contribution >= 4 is 23.4 Å². The maximum Gasteiger partial charge on any atom is 0.247 e. The van der Waals surface area contributed by atoms with Crippen LogP contribution < -0.4 is 14.4 Å². The van der Waals surface area contributed by atoms with Crippen LogP contribution in [0.4, 0.5) is 5.69 Å². The lowest BCUT2D eigenvalue weighted by molar-refractivity contribution is -0.118. The maximum atomic E-state index is 12.9. The van der Waals surface area contributed by atoms with E-state index >= 15 is 0 Å². The van der Waals surface area contributed by atoms with E-state index in [1.54, 1.807) is 11.0 Å². The van der Waals surface area contributed by atoms with E-state index in [2.05, 4.69) is 21.8 Å². The fourth-order valence-electron chi connectivity index (χ4n) is 3.61. The molecule has 0 fully saturated rings. The van der Waals surface area contributed by atoms with Gasteiger partial charge in [0.15, 0.2) is 5.69 Å². The Labute approximate surface area is 191 Å². The zero-order chi connectivity index (χ0) is 22.7. The Hall–Kier alpha value is -3.39. The van der Waals surface area contributed by atoms with E-state index < -0.39 is 6.23 Å². The van der Waals surface area contributed by atoms with Crippen molar-refractivity contribution in [1.82, 2.24) is 15.2 Å². The minimum absolute atomic E-state index is 0.156. The molecule has 2 aromatic carbocycles. The summed E-state index contributed by atoms with van der Waals surface area (Å²) in [6.07, 6.45) is 1.05. The van der Waals surface area contributed by atoms with Gasteiger partial charge in [-0.2, -0.15) is 4.98 Å². The van der Waals surface area contributed by atoms with Crippen LogP contribution in [-0.4, -0.2) is 33.4 Å². The number of thioether (sulfide) groups is 1. The first-order chi connectivity index (χ1) is 15.5. The fraction of sp³-hybridized carbons (Fsp3) is 0.250. The number of amides is 1. The zero-order valence-corrected chi connectivity index (χ0v) is 19.1. The summed E-state index contributed by atoms with van der Waals surface area (Å²) in [5.74, 6) is 1.63. The summed E-state index contributed by atoms with van der Waals surface area (Å²) in [6, 6.07) is 13.3. The SMILES string of the molecule is C=CCSc1nnc2c(n1)O[C@@H](c1ccc(OCC)c(C)c1)N(C(C)=O)c1ccccc1-2. The van der Waals surface area contributed by atoms with Crippen LogP contribution >= 0.6 is 11.8 Å². The number of para-hydroxylation sites is 1. The molecule has 0 aliphatic carbocycles. The molecule has 1 atom stereocenters. The van der Waals surface area contributed by atoms with Gasteiger partial charge in [-0.3, -0.25) is 9.69 Å². The number of benzene rings is 2. The Morgan fingerprint density at radius 1 is 1.28 bits per heavy atom. The van der Waals surface area contributed by atoms with Gasteiger partial charge >= 0.3 is 0 Å². The Balaban J connectivity index is 1.88. The summed E-state index contributed by atoms with van der Waals surface area (Å²) in [6.45, 7) is 9.75. The molecule has 2 heterocycles. The minimum atomic E-state index is -0.724. The molecule has 0 N–H and O–H groups in total. The molecule has 8 heteroatoms. The molecule has 0 radical (unpaired) electrons. The van der Waals surface area contributed by atoms with Crippen LogP contribution in [0.2, 0.25) is 0 Å². The number of nitrogens with zero attached hydrogens (tertiary/aromatic N) is 4. The number of carbonyl (C=O) groups excluding carboxylic acids is 1. The van der Waals surface area contributed by atoms with E-state index in [1.807, 2.05) is 56.3 Å². The molecule has 1 aliphatic rings. The van der Waals surface area contributed by atoms with Gasteiger partial charge in [-0.1, -0.05) is 36.0 Å². The largest absolute Gasteiger partial charge is 0.494 e. The molecule has 4 rings (SSSR count). The monoisotopic (exact) mass is 448 g/mol. The van der Waals surface area contributed by atoms with Crippen LogP contribution in [0.25, 0.3) is 11.3 Å². The standard InChI is InChI=1S/C24H24N4O3S/c1-5-13-32-24-25-22-21(26-27-24)18-9-7-8-10-19(18)28(16(4)29)23(31-22)17-11-12-20(30-6-2)15(3)14-17/h5,7-12,14,23H,1,6,13H2,2-4H3/t23-/m0/s1. The Bertz CT molecular complexity index is 1170. The maximum absolute atomic E-state index is 12.9. The smallest absolute Gasteiger partial charge is 0.247 e. The molecule has 7 nitrogen and oxygen atoms in total. The molecule has 164 valence electrons. The van der Waals surface area contributed by atoms with Crippen molar-refractivity contribution in [2.24, 2.45) is 0 Å². The van der Waals surface area contributed by atoms with Crippen molar-refractivity contribution in [3.63, 3.8) is 0 Å². The third kappa shape index (κ3) is 4.18. The number of carbonyl (C=O) groups is 1. The van der Waals surface area contributed by atoms with Gasteiger partial charge in [0.1, 0.15) is 5.75 Å². The number of ether oxygens (including phenoxy) is 2. The zero-order valence-electron chi connectivity index (χ0n) is 18.2. The summed E-state index contributed by atoms with van der Waals surface area (Å²) < 4.78 is 12.1. The lowest BCUT2D eigenvalue weighted by Gasteiger charge is -2.30. The second-order valence-electron chi connectivity index (χ2n) is 7.18. The molecule has 0 saturated carbocycles. The quantitative estimate of drug-likeness (QED) is 0.389. The number of anilines is 1. The van der Waals surface area contributed by atoms with Crippen LogP contribution in [0.3, 0.4) is 0 Å². The Kier molecular flexibility index (Phi) is 6.41. The molecule has 3 aromatic rings. The van der Waals surface area contributed by atoms with Crippen molar-refractivity contribution in [2.45, 2.75) is 32.2 Å². The molecular weight excluding hydrogens is 424 g/mol. The predicted molar refractivity (Wildman–Crippen MR) is 125 cm³/mol. The topological polar surface area (TPSA) is 77.4 Å². The minimum Gasteiger partial charge on any atom is -0.494 e. The third-order valence-corrected chi connectivity index (χ3v) is 5.80. The molecule has 1 aromatic heterocycles. The molecule has 0 unspecified atom stereocenters. The van der Waals surface area contributed by atoms with Crippen molar-refractivity contribution < 1.29 is 14.3 Å². The van der Waals surface area contributed by atoms with Gasteiger partial charge in [-0.15, -0.1) is 16.8 Å². The lowest BCUT2D eigenvalue weighted by Crippen LogP contribution is -2.36. The molecule has 0 bridgehead atoms. The summed E-state index contributed by atoms with van der Waals surface area (Å²) in [5, 5.41) is 9.12. The predicted octanol–water partition coefficient (Wildman–Crippen LogP) is 4.97. The van der Waals surface area contributed by atoms with Gasteiger partial charge in [0, 0.05) is 23.8 Å². The highest BCUT2D eigenvalue weighted by atomic mass is 32.2. The van der Waals surface area contributed by atoms with Crippen LogP contribution in [-0.2, 0) is 4.79 Å². The van der Waals surface area contributed by atoms with Crippen molar-refractivity contribution in [3.05, 3.63) is 66.2 Å². The van der Waals surface area contributed by atoms with Crippen molar-refractivity contribution in [1.29, 1.82) is 0 Å². The third-order valence-electron chi connectivity index (χ3n) is 4.97. The van der Waals surface area contributed by atoms with E-state index in [9.17, 15) is 4.79 Å². The second-order valence-corrected chi connectivity index (χ2v) is 8.17. The highest BCUT2D eigenvalue weighted by Crippen LogP contribution is 2.43. The van der Waals surface area contributed by atoms with Gasteiger partial charge in [0.2, 0.25) is 23.2 Å². The van der Waals surface area contributed by atoms with Crippen molar-refractivity contribution in [3.8, 4) is 22.9 Å². The van der Waals surface area contributed by atoms with E-state index in [1.165, 1.54) is 18.7 Å². The van der Waals surface area contributed by atoms with Gasteiger partial charge in [-0.05, 0) is 43.7 Å². The summed E-state index contributed by atoms with van der Waals surface area (Å²) in [5.41, 5.74) is 3.70. The summed E-state index contributed by atoms with van der Waals surface area (Å²) in [7, 11) is 0. The van der Waals surface area contributed by atoms with Crippen LogP contribution in [0.1, 0.15) is 31.2 Å². The molecule has 0 spiro atoms. The van der Waals surface area contributed by atoms with E-state index in [0.717, 1.165) is 22.4 Å². The number of fused-ring (bicyclic) bond motifs is 3. The normalized spacial score (nSPS) is 14.6. The second kappa shape index (κ2) is 9.40. The van der Waals surface area contributed by atoms with E-state index in [4.69, 9.17) is 9.47 Å². The van der Waals surface area contributed by atoms with Crippen molar-refractivity contribution in [2.75, 3.05) is 17.3 Å². The van der Waals surface area contributed by atoms with Gasteiger partial charge in [0.25, 0.3) is 0 Å². The summed E-state index contributed by atoms with van der Waals surface area (Å²) >= 11 is 1.42. The number of rotatable bonds is 6. The van der Waals surface area contributed by atoms with Gasteiger partial charge in [0.05, 0.1) is 12.3 Å². The van der Waals surface area contributed by atoms with Gasteiger partial charge in [-0.25, -0.2) is 0 Å².